The molecule has 3 amide bonds. The lowest BCUT2D eigenvalue weighted by Gasteiger charge is -2.26. The summed E-state index contributed by atoms with van der Waals surface area (Å²) in [5.74, 6) is -1.11. The van der Waals surface area contributed by atoms with E-state index in [0.29, 0.717) is 33.9 Å². The lowest BCUT2D eigenvalue weighted by Crippen LogP contribution is -2.43. The Hall–Kier alpha value is -3.95. The topological polar surface area (TPSA) is 97.0 Å². The number of ether oxygens (including phenoxy) is 2. The van der Waals surface area contributed by atoms with Crippen molar-refractivity contribution in [3.05, 3.63) is 99.8 Å². The Morgan fingerprint density at radius 2 is 1.77 bits per heavy atom. The van der Waals surface area contributed by atoms with Crippen LogP contribution in [0.25, 0.3) is 0 Å². The van der Waals surface area contributed by atoms with Crippen LogP contribution in [0.2, 0.25) is 5.02 Å². The maximum absolute atomic E-state index is 14.1. The zero-order chi connectivity index (χ0) is 32.0. The Balaban J connectivity index is 1.64. The third kappa shape index (κ3) is 8.80. The Bertz CT molecular complexity index is 1510. The maximum atomic E-state index is 14.1. The van der Waals surface area contributed by atoms with Crippen molar-refractivity contribution in [3.8, 4) is 0 Å². The molecule has 4 rings (SSSR count). The molecule has 44 heavy (non-hydrogen) atoms. The van der Waals surface area contributed by atoms with E-state index in [2.05, 4.69) is 10.6 Å². The smallest absolute Gasteiger partial charge is 0.407 e. The van der Waals surface area contributed by atoms with Gasteiger partial charge in [0.05, 0.1) is 6.42 Å². The average molecular weight is 624 g/mol. The molecule has 0 saturated carbocycles. The molecule has 0 aliphatic carbocycles. The first-order chi connectivity index (χ1) is 20.8. The second-order valence-corrected chi connectivity index (χ2v) is 12.7. The highest BCUT2D eigenvalue weighted by Crippen LogP contribution is 2.40. The molecule has 8 nitrogen and oxygen atoms in total. The summed E-state index contributed by atoms with van der Waals surface area (Å²) in [7, 11) is 0. The largest absolute Gasteiger partial charge is 0.444 e. The van der Waals surface area contributed by atoms with Crippen LogP contribution in [-0.2, 0) is 32.2 Å². The molecule has 3 aromatic carbocycles. The average Bonchev–Trinajstić information content (AvgIpc) is 3.05. The lowest BCUT2D eigenvalue weighted by molar-refractivity contribution is -0.138. The summed E-state index contributed by atoms with van der Waals surface area (Å²) >= 11 is 6.46. The van der Waals surface area contributed by atoms with Gasteiger partial charge in [0, 0.05) is 41.5 Å². The second kappa shape index (κ2) is 14.2. The monoisotopic (exact) mass is 623 g/mol. The molecule has 3 aromatic rings. The van der Waals surface area contributed by atoms with Gasteiger partial charge >= 0.3 is 6.09 Å². The van der Waals surface area contributed by atoms with E-state index in [0.717, 1.165) is 5.56 Å². The van der Waals surface area contributed by atoms with Gasteiger partial charge in [0.15, 0.2) is 0 Å². The van der Waals surface area contributed by atoms with Crippen molar-refractivity contribution in [3.63, 3.8) is 0 Å². The number of nitrogens with zero attached hydrogens (tertiary/aromatic N) is 1. The van der Waals surface area contributed by atoms with Crippen LogP contribution in [0.4, 0.5) is 14.9 Å². The fraction of sp³-hybridized carbons (Fsp3) is 0.382. The van der Waals surface area contributed by atoms with Crippen molar-refractivity contribution < 1.29 is 28.2 Å². The molecule has 10 heteroatoms. The van der Waals surface area contributed by atoms with Crippen molar-refractivity contribution in [1.29, 1.82) is 0 Å². The van der Waals surface area contributed by atoms with E-state index in [9.17, 15) is 18.8 Å². The summed E-state index contributed by atoms with van der Waals surface area (Å²) in [5, 5.41) is 5.95. The maximum Gasteiger partial charge on any atom is 0.407 e. The number of halogens is 2. The quantitative estimate of drug-likeness (QED) is 0.277. The van der Waals surface area contributed by atoms with Gasteiger partial charge in [0.25, 0.3) is 5.91 Å². The Morgan fingerprint density at radius 3 is 2.48 bits per heavy atom. The first-order valence-corrected chi connectivity index (χ1v) is 15.0. The number of rotatable bonds is 9. The second-order valence-electron chi connectivity index (χ2n) is 12.2. The van der Waals surface area contributed by atoms with Gasteiger partial charge in [-0.25, -0.2) is 9.18 Å². The fourth-order valence-corrected chi connectivity index (χ4v) is 5.13. The molecule has 0 bridgehead atoms. The van der Waals surface area contributed by atoms with Crippen molar-refractivity contribution >= 4 is 35.2 Å². The standard InChI is InChI=1S/C34H39ClFN3O5/c1-21(2)20-39-28-14-13-25(35)16-26(28)31(23-11-8-9-22(15-23)18-38-33(42)44-34(3,4)5)43-29(32(39)41)17-30(40)37-19-24-10-6-7-12-27(24)36/h6-16,21,29,31H,17-20H2,1-5H3,(H,37,40)(H,38,42). The number of hydrogen-bond donors (Lipinski definition) is 2. The molecule has 0 fully saturated rings. The molecule has 2 N–H and O–H groups in total. The first-order valence-electron chi connectivity index (χ1n) is 14.6. The molecule has 234 valence electrons. The van der Waals surface area contributed by atoms with Gasteiger partial charge in [-0.3, -0.25) is 9.59 Å². The van der Waals surface area contributed by atoms with E-state index in [1.807, 2.05) is 38.1 Å². The van der Waals surface area contributed by atoms with Gasteiger partial charge in [-0.05, 0) is 62.1 Å². The predicted molar refractivity (Wildman–Crippen MR) is 168 cm³/mol. The number of anilines is 1. The molecular weight excluding hydrogens is 585 g/mol. The predicted octanol–water partition coefficient (Wildman–Crippen LogP) is 6.69. The van der Waals surface area contributed by atoms with Gasteiger partial charge in [-0.2, -0.15) is 0 Å². The van der Waals surface area contributed by atoms with Crippen LogP contribution in [0.3, 0.4) is 0 Å². The third-order valence-corrected chi connectivity index (χ3v) is 7.08. The van der Waals surface area contributed by atoms with Crippen LogP contribution >= 0.6 is 11.6 Å². The summed E-state index contributed by atoms with van der Waals surface area (Å²) in [4.78, 5) is 41.0. The van der Waals surface area contributed by atoms with Gasteiger partial charge < -0.3 is 25.0 Å². The molecule has 2 unspecified atom stereocenters. The molecule has 0 spiro atoms. The van der Waals surface area contributed by atoms with E-state index >= 15 is 0 Å². The summed E-state index contributed by atoms with van der Waals surface area (Å²) < 4.78 is 26.0. The molecule has 1 aliphatic rings. The van der Waals surface area contributed by atoms with E-state index in [1.54, 1.807) is 62.1 Å². The number of benzene rings is 3. The van der Waals surface area contributed by atoms with Crippen molar-refractivity contribution in [2.24, 2.45) is 5.92 Å². The summed E-state index contributed by atoms with van der Waals surface area (Å²) in [5.41, 5.74) is 2.53. The molecule has 0 radical (unpaired) electrons. The van der Waals surface area contributed by atoms with Crippen molar-refractivity contribution in [2.45, 2.75) is 71.9 Å². The van der Waals surface area contributed by atoms with Gasteiger partial charge in [-0.15, -0.1) is 0 Å². The van der Waals surface area contributed by atoms with E-state index in [-0.39, 0.29) is 31.3 Å². The van der Waals surface area contributed by atoms with Crippen molar-refractivity contribution in [2.75, 3.05) is 11.4 Å². The van der Waals surface area contributed by atoms with Crippen molar-refractivity contribution in [1.82, 2.24) is 10.6 Å². The number of carbonyl (C=O) groups excluding carboxylic acids is 3. The number of alkyl carbamates (subject to hydrolysis) is 1. The zero-order valence-corrected chi connectivity index (χ0v) is 26.4. The molecular formula is C34H39ClFN3O5. The normalized spacial score (nSPS) is 16.7. The molecule has 0 aromatic heterocycles. The minimum absolute atomic E-state index is 0.0198. The zero-order valence-electron chi connectivity index (χ0n) is 25.7. The minimum Gasteiger partial charge on any atom is -0.444 e. The van der Waals surface area contributed by atoms with Crippen LogP contribution in [0, 0.1) is 11.7 Å². The Kier molecular flexibility index (Phi) is 10.7. The third-order valence-electron chi connectivity index (χ3n) is 6.85. The number of carbonyl (C=O) groups is 3. The lowest BCUT2D eigenvalue weighted by atomic mass is 9.97. The SMILES string of the molecule is CC(C)CN1C(=O)C(CC(=O)NCc2ccccc2F)OC(c2cccc(CNC(=O)OC(C)(C)C)c2)c2cc(Cl)ccc21. The molecule has 0 saturated heterocycles. The highest BCUT2D eigenvalue weighted by Gasteiger charge is 2.38. The summed E-state index contributed by atoms with van der Waals surface area (Å²) in [6.45, 7) is 9.97. The highest BCUT2D eigenvalue weighted by molar-refractivity contribution is 6.30. The first kappa shape index (κ1) is 33.0. The summed E-state index contributed by atoms with van der Waals surface area (Å²) in [6.07, 6.45) is -2.69. The minimum atomic E-state index is -1.13. The fourth-order valence-electron chi connectivity index (χ4n) is 4.95. The van der Waals surface area contributed by atoms with E-state index in [4.69, 9.17) is 21.1 Å². The summed E-state index contributed by atoms with van der Waals surface area (Å²) in [6, 6.07) is 18.9. The van der Waals surface area contributed by atoms with E-state index < -0.39 is 35.6 Å². The Morgan fingerprint density at radius 1 is 1.02 bits per heavy atom. The van der Waals surface area contributed by atoms with E-state index in [1.165, 1.54) is 6.07 Å². The molecule has 1 aliphatic heterocycles. The molecule has 2 atom stereocenters. The van der Waals surface area contributed by atoms with Gasteiger partial charge in [0.1, 0.15) is 23.6 Å². The number of fused-ring (bicyclic) bond motifs is 1. The van der Waals surface area contributed by atoms with Crippen LogP contribution in [0.15, 0.2) is 66.7 Å². The van der Waals surface area contributed by atoms with Gasteiger partial charge in [-0.1, -0.05) is 67.9 Å². The number of hydrogen-bond acceptors (Lipinski definition) is 5. The van der Waals surface area contributed by atoms with Crippen LogP contribution in [-0.4, -0.2) is 36.2 Å². The number of nitrogens with one attached hydrogen (secondary N) is 2. The van der Waals surface area contributed by atoms with Crippen LogP contribution < -0.4 is 15.5 Å². The Labute approximate surface area is 262 Å². The van der Waals surface area contributed by atoms with Crippen LogP contribution in [0.5, 0.6) is 0 Å². The molecule has 1 heterocycles. The number of amides is 3. The highest BCUT2D eigenvalue weighted by atomic mass is 35.5. The van der Waals surface area contributed by atoms with Crippen LogP contribution in [0.1, 0.15) is 69.4 Å². The van der Waals surface area contributed by atoms with Gasteiger partial charge in [0.2, 0.25) is 5.91 Å².